The number of H-pyrrole nitrogens is 1. The van der Waals surface area contributed by atoms with Crippen LogP contribution in [0.5, 0.6) is 5.75 Å². The van der Waals surface area contributed by atoms with Crippen molar-refractivity contribution >= 4 is 23.2 Å². The second kappa shape index (κ2) is 6.98. The summed E-state index contributed by atoms with van der Waals surface area (Å²) in [6, 6.07) is 16.2. The average Bonchev–Trinajstić information content (AvgIpc) is 3.09. The van der Waals surface area contributed by atoms with E-state index >= 15 is 0 Å². The number of ether oxygens (including phenoxy) is 1. The van der Waals surface area contributed by atoms with Crippen LogP contribution in [-0.2, 0) is 4.79 Å². The molecular weight excluding hydrogens is 314 g/mol. The van der Waals surface area contributed by atoms with E-state index < -0.39 is 0 Å². The van der Waals surface area contributed by atoms with Crippen LogP contribution < -0.4 is 10.1 Å². The van der Waals surface area contributed by atoms with E-state index in [9.17, 15) is 4.79 Å². The van der Waals surface area contributed by atoms with Crippen molar-refractivity contribution in [2.45, 2.75) is 0 Å². The van der Waals surface area contributed by atoms with Gasteiger partial charge in [0.05, 0.1) is 5.69 Å². The van der Waals surface area contributed by atoms with Gasteiger partial charge in [-0.3, -0.25) is 9.89 Å². The Morgan fingerprint density at radius 3 is 2.74 bits per heavy atom. The monoisotopic (exact) mass is 327 g/mol. The standard InChI is InChI=1S/C17H14ClN3O2/c18-13-4-6-15(7-5-13)23-11-17(22)20-14-3-1-2-12(10-14)16-8-9-19-21-16/h1-10H,11H2,(H,19,21)(H,20,22). The minimum Gasteiger partial charge on any atom is -0.484 e. The summed E-state index contributed by atoms with van der Waals surface area (Å²) >= 11 is 5.80. The number of hydrogen-bond donors (Lipinski definition) is 2. The van der Waals surface area contributed by atoms with E-state index in [4.69, 9.17) is 16.3 Å². The van der Waals surface area contributed by atoms with Crippen LogP contribution in [0.25, 0.3) is 11.3 Å². The molecule has 2 aromatic carbocycles. The molecule has 0 fully saturated rings. The number of aromatic amines is 1. The van der Waals surface area contributed by atoms with Crippen LogP contribution in [-0.4, -0.2) is 22.7 Å². The maximum absolute atomic E-state index is 12.0. The van der Waals surface area contributed by atoms with Crippen LogP contribution in [0.4, 0.5) is 5.69 Å². The highest BCUT2D eigenvalue weighted by Crippen LogP contribution is 2.20. The van der Waals surface area contributed by atoms with Crippen LogP contribution in [0.1, 0.15) is 0 Å². The molecule has 0 atom stereocenters. The summed E-state index contributed by atoms with van der Waals surface area (Å²) in [5.74, 6) is 0.359. The van der Waals surface area contributed by atoms with E-state index in [-0.39, 0.29) is 12.5 Å². The number of aromatic nitrogens is 2. The fraction of sp³-hybridized carbons (Fsp3) is 0.0588. The fourth-order valence-corrected chi connectivity index (χ4v) is 2.18. The summed E-state index contributed by atoms with van der Waals surface area (Å²) in [6.07, 6.45) is 1.68. The molecule has 3 aromatic rings. The van der Waals surface area contributed by atoms with Crippen LogP contribution >= 0.6 is 11.6 Å². The van der Waals surface area contributed by atoms with Crippen molar-refractivity contribution in [3.8, 4) is 17.0 Å². The molecule has 1 amide bonds. The van der Waals surface area contributed by atoms with Gasteiger partial charge in [-0.05, 0) is 42.5 Å². The molecule has 0 aliphatic rings. The van der Waals surface area contributed by atoms with Crippen LogP contribution in [0.15, 0.2) is 60.8 Å². The molecule has 0 aliphatic heterocycles. The van der Waals surface area contributed by atoms with Gasteiger partial charge >= 0.3 is 0 Å². The zero-order chi connectivity index (χ0) is 16.1. The molecule has 0 radical (unpaired) electrons. The van der Waals surface area contributed by atoms with Crippen molar-refractivity contribution in [3.63, 3.8) is 0 Å². The first kappa shape index (κ1) is 15.1. The molecule has 5 nitrogen and oxygen atoms in total. The van der Waals surface area contributed by atoms with Gasteiger partial charge in [0.1, 0.15) is 5.75 Å². The molecule has 0 saturated carbocycles. The zero-order valence-electron chi connectivity index (χ0n) is 12.1. The highest BCUT2D eigenvalue weighted by molar-refractivity contribution is 6.30. The summed E-state index contributed by atoms with van der Waals surface area (Å²) < 4.78 is 5.41. The largest absolute Gasteiger partial charge is 0.484 e. The first-order valence-electron chi connectivity index (χ1n) is 6.99. The highest BCUT2D eigenvalue weighted by Gasteiger charge is 2.06. The summed E-state index contributed by atoms with van der Waals surface area (Å²) in [5.41, 5.74) is 2.53. The molecule has 6 heteroatoms. The minimum atomic E-state index is -0.235. The number of nitrogens with zero attached hydrogens (tertiary/aromatic N) is 1. The lowest BCUT2D eigenvalue weighted by atomic mass is 10.1. The van der Waals surface area contributed by atoms with Crippen LogP contribution in [0.2, 0.25) is 5.02 Å². The lowest BCUT2D eigenvalue weighted by Gasteiger charge is -2.08. The molecule has 2 N–H and O–H groups in total. The Kier molecular flexibility index (Phi) is 4.59. The maximum Gasteiger partial charge on any atom is 0.262 e. The Morgan fingerprint density at radius 1 is 1.17 bits per heavy atom. The van der Waals surface area contributed by atoms with Crippen molar-refractivity contribution in [2.24, 2.45) is 0 Å². The topological polar surface area (TPSA) is 67.0 Å². The van der Waals surface area contributed by atoms with Gasteiger partial charge in [-0.1, -0.05) is 23.7 Å². The van der Waals surface area contributed by atoms with Gasteiger partial charge in [0.2, 0.25) is 0 Å². The molecule has 0 spiro atoms. The maximum atomic E-state index is 12.0. The smallest absolute Gasteiger partial charge is 0.262 e. The number of carbonyl (C=O) groups is 1. The van der Waals surface area contributed by atoms with Gasteiger partial charge in [-0.25, -0.2) is 0 Å². The molecule has 0 saturated heterocycles. The molecular formula is C17H14ClN3O2. The fourth-order valence-electron chi connectivity index (χ4n) is 2.06. The third-order valence-corrected chi connectivity index (χ3v) is 3.39. The average molecular weight is 328 g/mol. The third-order valence-electron chi connectivity index (χ3n) is 3.14. The van der Waals surface area contributed by atoms with Gasteiger partial charge in [-0.2, -0.15) is 5.10 Å². The van der Waals surface area contributed by atoms with Crippen molar-refractivity contribution in [3.05, 3.63) is 65.8 Å². The number of halogens is 1. The van der Waals surface area contributed by atoms with Gasteiger partial charge in [0.25, 0.3) is 5.91 Å². The molecule has 1 aromatic heterocycles. The second-order valence-electron chi connectivity index (χ2n) is 4.84. The summed E-state index contributed by atoms with van der Waals surface area (Å²) in [7, 11) is 0. The predicted molar refractivity (Wildman–Crippen MR) is 89.6 cm³/mol. The van der Waals surface area contributed by atoms with Gasteiger partial charge in [0, 0.05) is 22.5 Å². The summed E-state index contributed by atoms with van der Waals surface area (Å²) in [6.45, 7) is -0.0735. The van der Waals surface area contributed by atoms with E-state index in [0.717, 1.165) is 11.3 Å². The van der Waals surface area contributed by atoms with E-state index in [1.54, 1.807) is 30.5 Å². The zero-order valence-corrected chi connectivity index (χ0v) is 12.9. The first-order valence-corrected chi connectivity index (χ1v) is 7.36. The van der Waals surface area contributed by atoms with E-state index in [0.29, 0.717) is 16.5 Å². The van der Waals surface area contributed by atoms with Crippen molar-refractivity contribution in [1.29, 1.82) is 0 Å². The SMILES string of the molecule is O=C(COc1ccc(Cl)cc1)Nc1cccc(-c2ccn[nH]2)c1. The molecule has 0 unspecified atom stereocenters. The highest BCUT2D eigenvalue weighted by atomic mass is 35.5. The van der Waals surface area contributed by atoms with Gasteiger partial charge in [-0.15, -0.1) is 0 Å². The lowest BCUT2D eigenvalue weighted by molar-refractivity contribution is -0.118. The molecule has 0 aliphatic carbocycles. The molecule has 0 bridgehead atoms. The molecule has 1 heterocycles. The molecule has 116 valence electrons. The Labute approximate surface area is 138 Å². The normalized spacial score (nSPS) is 10.3. The Hall–Kier alpha value is -2.79. The number of amides is 1. The van der Waals surface area contributed by atoms with Crippen molar-refractivity contribution in [1.82, 2.24) is 10.2 Å². The number of anilines is 1. The third kappa shape index (κ3) is 4.11. The quantitative estimate of drug-likeness (QED) is 0.750. The summed E-state index contributed by atoms with van der Waals surface area (Å²) in [4.78, 5) is 12.0. The van der Waals surface area contributed by atoms with E-state index in [1.807, 2.05) is 30.3 Å². The van der Waals surface area contributed by atoms with E-state index in [2.05, 4.69) is 15.5 Å². The van der Waals surface area contributed by atoms with Gasteiger partial charge < -0.3 is 10.1 Å². The van der Waals surface area contributed by atoms with Gasteiger partial charge in [0.15, 0.2) is 6.61 Å². The van der Waals surface area contributed by atoms with Crippen LogP contribution in [0, 0.1) is 0 Å². The second-order valence-corrected chi connectivity index (χ2v) is 5.28. The van der Waals surface area contributed by atoms with E-state index in [1.165, 1.54) is 0 Å². The Morgan fingerprint density at radius 2 is 2.00 bits per heavy atom. The number of hydrogen-bond acceptors (Lipinski definition) is 3. The number of rotatable bonds is 5. The number of nitrogens with one attached hydrogen (secondary N) is 2. The lowest BCUT2D eigenvalue weighted by Crippen LogP contribution is -2.20. The minimum absolute atomic E-state index is 0.0735. The summed E-state index contributed by atoms with van der Waals surface area (Å²) in [5, 5.41) is 10.2. The predicted octanol–water partition coefficient (Wildman–Crippen LogP) is 3.75. The Balaban J connectivity index is 1.59. The first-order chi connectivity index (χ1) is 11.2. The van der Waals surface area contributed by atoms with Crippen LogP contribution in [0.3, 0.4) is 0 Å². The molecule has 3 rings (SSSR count). The Bertz CT molecular complexity index is 786. The number of benzene rings is 2. The number of carbonyl (C=O) groups excluding carboxylic acids is 1. The van der Waals surface area contributed by atoms with Crippen molar-refractivity contribution in [2.75, 3.05) is 11.9 Å². The van der Waals surface area contributed by atoms with Crippen molar-refractivity contribution < 1.29 is 9.53 Å². The molecule has 23 heavy (non-hydrogen) atoms.